The molecule has 1 aromatic carbocycles. The number of nitrogens with zero attached hydrogens (tertiary/aromatic N) is 4. The van der Waals surface area contributed by atoms with Crippen molar-refractivity contribution in [3.05, 3.63) is 51.4 Å². The van der Waals surface area contributed by atoms with Crippen LogP contribution in [0.2, 0.25) is 10.0 Å². The van der Waals surface area contributed by atoms with Gasteiger partial charge in [0.15, 0.2) is 0 Å². The molecule has 2 saturated heterocycles. The molecule has 0 spiro atoms. The van der Waals surface area contributed by atoms with Gasteiger partial charge in [-0.2, -0.15) is 0 Å². The fourth-order valence-electron chi connectivity index (χ4n) is 5.28. The van der Waals surface area contributed by atoms with Gasteiger partial charge in [-0.1, -0.05) is 36.2 Å². The van der Waals surface area contributed by atoms with Crippen molar-refractivity contribution in [1.29, 1.82) is 0 Å². The predicted octanol–water partition coefficient (Wildman–Crippen LogP) is 3.48. The molecule has 5 rings (SSSR count). The molecule has 2 fully saturated rings. The van der Waals surface area contributed by atoms with Crippen molar-refractivity contribution >= 4 is 34.9 Å². The molecule has 1 amide bonds. The largest absolute Gasteiger partial charge is 0.353 e. The van der Waals surface area contributed by atoms with Gasteiger partial charge in [-0.15, -0.1) is 0 Å². The van der Waals surface area contributed by atoms with Crippen molar-refractivity contribution in [3.63, 3.8) is 0 Å². The minimum atomic E-state index is -0.0767. The van der Waals surface area contributed by atoms with Crippen LogP contribution >= 0.6 is 23.2 Å². The zero-order valence-electron chi connectivity index (χ0n) is 17.7. The molecule has 0 radical (unpaired) electrons. The van der Waals surface area contributed by atoms with Crippen LogP contribution in [0.3, 0.4) is 0 Å². The molecule has 3 aliphatic rings. The Bertz CT molecular complexity index is 992. The lowest BCUT2D eigenvalue weighted by Gasteiger charge is -2.38. The van der Waals surface area contributed by atoms with Gasteiger partial charge < -0.3 is 15.1 Å². The van der Waals surface area contributed by atoms with Gasteiger partial charge in [0.05, 0.1) is 16.0 Å². The van der Waals surface area contributed by atoms with Gasteiger partial charge in [-0.05, 0) is 36.5 Å². The molecule has 3 atom stereocenters. The number of carbonyl (C=O) groups is 1. The first kappa shape index (κ1) is 21.0. The van der Waals surface area contributed by atoms with E-state index in [1.54, 1.807) is 6.33 Å². The molecule has 0 bridgehead atoms. The molecule has 3 heterocycles. The summed E-state index contributed by atoms with van der Waals surface area (Å²) in [7, 11) is 0. The number of aryl methyl sites for hydroxylation is 1. The maximum atomic E-state index is 13.4. The van der Waals surface area contributed by atoms with E-state index >= 15 is 0 Å². The van der Waals surface area contributed by atoms with Gasteiger partial charge >= 0.3 is 0 Å². The van der Waals surface area contributed by atoms with Crippen LogP contribution in [0.15, 0.2) is 24.5 Å². The lowest BCUT2D eigenvalue weighted by atomic mass is 9.88. The van der Waals surface area contributed by atoms with Crippen LogP contribution in [0.1, 0.15) is 42.0 Å². The van der Waals surface area contributed by atoms with Crippen molar-refractivity contribution in [2.75, 3.05) is 44.2 Å². The molecule has 1 N–H and O–H groups in total. The number of aromatic nitrogens is 2. The first-order chi connectivity index (χ1) is 15.0. The minimum Gasteiger partial charge on any atom is -0.353 e. The van der Waals surface area contributed by atoms with Crippen LogP contribution in [0.5, 0.6) is 0 Å². The van der Waals surface area contributed by atoms with E-state index in [4.69, 9.17) is 23.2 Å². The number of fused-ring (bicyclic) bond motifs is 1. The van der Waals surface area contributed by atoms with Crippen LogP contribution in [0, 0.1) is 5.92 Å². The Morgan fingerprint density at radius 1 is 1.10 bits per heavy atom. The summed E-state index contributed by atoms with van der Waals surface area (Å²) in [4.78, 5) is 26.8. The molecule has 6 nitrogen and oxygen atoms in total. The smallest absolute Gasteiger partial charge is 0.227 e. The normalized spacial score (nSPS) is 25.7. The third-order valence-electron chi connectivity index (χ3n) is 7.05. The maximum absolute atomic E-state index is 13.4. The molecule has 8 heteroatoms. The van der Waals surface area contributed by atoms with E-state index in [1.165, 1.54) is 11.3 Å². The maximum Gasteiger partial charge on any atom is 0.227 e. The van der Waals surface area contributed by atoms with Crippen molar-refractivity contribution in [2.24, 2.45) is 5.92 Å². The molecule has 2 aromatic rings. The summed E-state index contributed by atoms with van der Waals surface area (Å²) in [6.07, 6.45) is 3.87. The van der Waals surface area contributed by atoms with Crippen LogP contribution in [-0.4, -0.2) is 60.0 Å². The second-order valence-electron chi connectivity index (χ2n) is 8.85. The lowest BCUT2D eigenvalue weighted by molar-refractivity contribution is -0.135. The van der Waals surface area contributed by atoms with Crippen molar-refractivity contribution in [1.82, 2.24) is 20.2 Å². The van der Waals surface area contributed by atoms with Crippen LogP contribution in [-0.2, 0) is 11.2 Å². The van der Waals surface area contributed by atoms with Crippen molar-refractivity contribution < 1.29 is 4.79 Å². The number of rotatable bonds is 3. The molecule has 1 unspecified atom stereocenters. The quantitative estimate of drug-likeness (QED) is 0.760. The van der Waals surface area contributed by atoms with E-state index in [-0.39, 0.29) is 17.7 Å². The van der Waals surface area contributed by atoms with Gasteiger partial charge in [0, 0.05) is 56.4 Å². The van der Waals surface area contributed by atoms with Crippen LogP contribution in [0.25, 0.3) is 0 Å². The summed E-state index contributed by atoms with van der Waals surface area (Å²) >= 11 is 12.3. The Morgan fingerprint density at radius 2 is 1.90 bits per heavy atom. The van der Waals surface area contributed by atoms with Crippen molar-refractivity contribution in [2.45, 2.75) is 31.6 Å². The summed E-state index contributed by atoms with van der Waals surface area (Å²) in [6.45, 7) is 6.78. The van der Waals surface area contributed by atoms with Crippen LogP contribution in [0.4, 0.5) is 5.82 Å². The highest BCUT2D eigenvalue weighted by Gasteiger charge is 2.38. The first-order valence-corrected chi connectivity index (χ1v) is 11.8. The summed E-state index contributed by atoms with van der Waals surface area (Å²) in [5.41, 5.74) is 3.57. The van der Waals surface area contributed by atoms with E-state index in [2.05, 4.69) is 27.1 Å². The third-order valence-corrected chi connectivity index (χ3v) is 7.79. The minimum absolute atomic E-state index is 0.0767. The second-order valence-corrected chi connectivity index (χ2v) is 9.67. The van der Waals surface area contributed by atoms with E-state index < -0.39 is 0 Å². The number of hydrogen-bond donors (Lipinski definition) is 1. The summed E-state index contributed by atoms with van der Waals surface area (Å²) in [5.74, 6) is 1.83. The number of amides is 1. The second kappa shape index (κ2) is 8.57. The average molecular weight is 460 g/mol. The van der Waals surface area contributed by atoms with Gasteiger partial charge in [0.1, 0.15) is 12.1 Å². The molecule has 0 saturated carbocycles. The van der Waals surface area contributed by atoms with Gasteiger partial charge in [-0.25, -0.2) is 9.97 Å². The predicted molar refractivity (Wildman–Crippen MR) is 123 cm³/mol. The Balaban J connectivity index is 1.27. The Kier molecular flexibility index (Phi) is 5.80. The van der Waals surface area contributed by atoms with Gasteiger partial charge in [0.25, 0.3) is 0 Å². The highest BCUT2D eigenvalue weighted by molar-refractivity contribution is 6.42. The van der Waals surface area contributed by atoms with E-state index in [9.17, 15) is 4.79 Å². The highest BCUT2D eigenvalue weighted by atomic mass is 35.5. The molecule has 164 valence electrons. The van der Waals surface area contributed by atoms with Crippen molar-refractivity contribution in [3.8, 4) is 0 Å². The Hall–Kier alpha value is -1.89. The fraction of sp³-hybridized carbons (Fsp3) is 0.522. The summed E-state index contributed by atoms with van der Waals surface area (Å²) < 4.78 is 0. The molecule has 31 heavy (non-hydrogen) atoms. The number of hydrogen-bond acceptors (Lipinski definition) is 5. The molecular formula is C23H27Cl2N5O. The number of benzene rings is 1. The fourth-order valence-corrected chi connectivity index (χ4v) is 5.59. The zero-order chi connectivity index (χ0) is 21.5. The standard InChI is InChI=1S/C23H27Cl2N5O/c1-14-2-5-20-21(14)22(28-13-27-20)29-6-8-30(9-7-29)23(31)17-12-26-11-16(17)15-3-4-18(24)19(25)10-15/h3-4,10,13-14,16-17,26H,2,5-9,11-12H2,1H3/t14-,16+,17?/m1/s1. The van der Waals surface area contributed by atoms with Crippen LogP contribution < -0.4 is 10.2 Å². The monoisotopic (exact) mass is 459 g/mol. The topological polar surface area (TPSA) is 61.4 Å². The van der Waals surface area contributed by atoms with Gasteiger partial charge in [-0.3, -0.25) is 4.79 Å². The SMILES string of the molecule is C[C@@H]1CCc2ncnc(N3CCN(C(=O)C4CNC[C@H]4c4ccc(Cl)c(Cl)c4)CC3)c21. The molecular weight excluding hydrogens is 433 g/mol. The van der Waals surface area contributed by atoms with E-state index in [1.807, 2.05) is 23.1 Å². The molecule has 2 aliphatic heterocycles. The average Bonchev–Trinajstić information content (AvgIpc) is 3.43. The zero-order valence-corrected chi connectivity index (χ0v) is 19.2. The van der Waals surface area contributed by atoms with E-state index in [0.717, 1.165) is 56.9 Å². The molecule has 1 aliphatic carbocycles. The number of halogens is 2. The number of nitrogens with one attached hydrogen (secondary N) is 1. The third kappa shape index (κ3) is 3.90. The highest BCUT2D eigenvalue weighted by Crippen LogP contribution is 2.38. The first-order valence-electron chi connectivity index (χ1n) is 11.1. The Morgan fingerprint density at radius 3 is 2.68 bits per heavy atom. The summed E-state index contributed by atoms with van der Waals surface area (Å²) in [5, 5.41) is 4.47. The number of anilines is 1. The van der Waals surface area contributed by atoms with E-state index in [0.29, 0.717) is 22.5 Å². The number of carbonyl (C=O) groups excluding carboxylic acids is 1. The molecule has 1 aromatic heterocycles. The van der Waals surface area contributed by atoms with Gasteiger partial charge in [0.2, 0.25) is 5.91 Å². The number of piperazine rings is 1. The summed E-state index contributed by atoms with van der Waals surface area (Å²) in [6, 6.07) is 5.70. The lowest BCUT2D eigenvalue weighted by Crippen LogP contribution is -2.51. The Labute approximate surface area is 192 Å².